The van der Waals surface area contributed by atoms with Crippen molar-refractivity contribution in [2.45, 2.75) is 37.2 Å². The van der Waals surface area contributed by atoms with Crippen LogP contribution in [0.1, 0.15) is 36.9 Å². The van der Waals surface area contributed by atoms with Gasteiger partial charge in [-0.3, -0.25) is 10.1 Å². The normalized spacial score (nSPS) is 12.7. The first-order valence-corrected chi connectivity index (χ1v) is 13.7. The van der Waals surface area contributed by atoms with E-state index in [0.717, 1.165) is 21.7 Å². The molecule has 1 heterocycles. The molecule has 0 saturated heterocycles. The lowest BCUT2D eigenvalue weighted by molar-refractivity contribution is -0.140. The van der Waals surface area contributed by atoms with Gasteiger partial charge in [-0.25, -0.2) is 13.4 Å². The molecule has 2 atom stereocenters. The molecule has 0 bridgehead atoms. The third kappa shape index (κ3) is 8.47. The molecule has 0 aliphatic heterocycles. The third-order valence-electron chi connectivity index (χ3n) is 5.04. The van der Waals surface area contributed by atoms with Gasteiger partial charge in [0, 0.05) is 24.9 Å². The number of carbonyl (C=O) groups is 1. The quantitative estimate of drug-likeness (QED) is 0.287. The summed E-state index contributed by atoms with van der Waals surface area (Å²) in [7, 11) is -1.66. The number of benzene rings is 2. The zero-order chi connectivity index (χ0) is 26.0. The van der Waals surface area contributed by atoms with E-state index in [2.05, 4.69) is 15.6 Å². The van der Waals surface area contributed by atoms with E-state index in [9.17, 15) is 18.3 Å². The fourth-order valence-electron chi connectivity index (χ4n) is 3.36. The van der Waals surface area contributed by atoms with Crippen molar-refractivity contribution < 1.29 is 18.3 Å². The van der Waals surface area contributed by atoms with Crippen molar-refractivity contribution in [1.82, 2.24) is 15.6 Å². The number of hydrogen-bond donors (Lipinski definition) is 3. The highest BCUT2D eigenvalue weighted by atomic mass is 32.2. The fourth-order valence-corrected chi connectivity index (χ4v) is 4.72. The first kappa shape index (κ1) is 28.0. The average Bonchev–Trinajstić information content (AvgIpc) is 3.36. The van der Waals surface area contributed by atoms with Gasteiger partial charge >= 0.3 is 5.97 Å². The highest BCUT2D eigenvalue weighted by molar-refractivity contribution is 7.90. The Morgan fingerprint density at radius 3 is 2.06 bits per heavy atom. The van der Waals surface area contributed by atoms with Gasteiger partial charge in [-0.1, -0.05) is 50.2 Å². The van der Waals surface area contributed by atoms with E-state index in [-0.39, 0.29) is 16.9 Å². The number of nitriles is 1. The van der Waals surface area contributed by atoms with Gasteiger partial charge in [-0.15, -0.1) is 11.3 Å². The van der Waals surface area contributed by atoms with E-state index < -0.39 is 21.8 Å². The van der Waals surface area contributed by atoms with Crippen LogP contribution in [0.3, 0.4) is 0 Å². The molecule has 0 aliphatic carbocycles. The lowest BCUT2D eigenvalue weighted by Gasteiger charge is -2.23. The molecule has 0 spiro atoms. The molecule has 0 saturated carbocycles. The fraction of sp³-hybridized carbons (Fsp3) is 0.320. The van der Waals surface area contributed by atoms with Gasteiger partial charge in [0.25, 0.3) is 0 Å². The summed E-state index contributed by atoms with van der Waals surface area (Å²) in [5, 5.41) is 25.4. The summed E-state index contributed by atoms with van der Waals surface area (Å²) in [4.78, 5) is 16.5. The second-order valence-corrected chi connectivity index (χ2v) is 11.2. The van der Waals surface area contributed by atoms with Crippen LogP contribution in [0, 0.1) is 17.4 Å². The SMILES string of the molecule is CC(C)CC(NC(c1ccc(-c2ccc(S(C)(=O)=O)cc2)cc1)c1nccs1)C(=O)O.CNC#N. The molecule has 35 heavy (non-hydrogen) atoms. The first-order valence-electron chi connectivity index (χ1n) is 10.9. The Morgan fingerprint density at radius 2 is 1.66 bits per heavy atom. The van der Waals surface area contributed by atoms with E-state index >= 15 is 0 Å². The van der Waals surface area contributed by atoms with E-state index in [0.29, 0.717) is 6.42 Å². The number of carboxylic acids is 1. The predicted molar refractivity (Wildman–Crippen MR) is 138 cm³/mol. The minimum Gasteiger partial charge on any atom is -0.480 e. The van der Waals surface area contributed by atoms with Gasteiger partial charge in [0.05, 0.1) is 10.9 Å². The van der Waals surface area contributed by atoms with E-state index in [1.54, 1.807) is 43.7 Å². The van der Waals surface area contributed by atoms with Gasteiger partial charge in [-0.05, 0) is 41.2 Å². The average molecular weight is 515 g/mol. The van der Waals surface area contributed by atoms with Crippen molar-refractivity contribution in [3.8, 4) is 17.3 Å². The highest BCUT2D eigenvalue weighted by Gasteiger charge is 2.26. The molecule has 186 valence electrons. The molecule has 2 unspecified atom stereocenters. The van der Waals surface area contributed by atoms with Crippen molar-refractivity contribution in [1.29, 1.82) is 5.26 Å². The Balaban J connectivity index is 0.00000100. The van der Waals surface area contributed by atoms with Crippen molar-refractivity contribution in [3.05, 3.63) is 70.7 Å². The number of aliphatic carboxylic acids is 1. The largest absolute Gasteiger partial charge is 0.480 e. The minimum atomic E-state index is -3.23. The maximum Gasteiger partial charge on any atom is 0.320 e. The van der Waals surface area contributed by atoms with Crippen LogP contribution in [0.4, 0.5) is 0 Å². The number of carboxylic acid groups (broad SMARTS) is 1. The van der Waals surface area contributed by atoms with Crippen molar-refractivity contribution in [2.75, 3.05) is 13.3 Å². The molecule has 1 aromatic heterocycles. The van der Waals surface area contributed by atoms with Gasteiger partial charge in [0.1, 0.15) is 11.0 Å². The molecular weight excluding hydrogens is 484 g/mol. The first-order chi connectivity index (χ1) is 16.6. The minimum absolute atomic E-state index is 0.239. The van der Waals surface area contributed by atoms with Crippen LogP contribution in [0.5, 0.6) is 0 Å². The number of nitrogens with zero attached hydrogens (tertiary/aromatic N) is 2. The maximum atomic E-state index is 11.8. The van der Waals surface area contributed by atoms with Crippen LogP contribution in [-0.2, 0) is 14.6 Å². The number of sulfone groups is 1. The Labute approximate surface area is 210 Å². The Morgan fingerprint density at radius 1 is 1.11 bits per heavy atom. The monoisotopic (exact) mass is 514 g/mol. The standard InChI is InChI=1S/C23H26N2O4S2.C2H4N2/c1-15(2)14-20(23(26)27)25-21(22-24-12-13-30-22)18-6-4-16(5-7-18)17-8-10-19(11-9-17)31(3,28)29;1-4-2-3/h4-13,15,20-21,25H,14H2,1-3H3,(H,26,27);4H,1H3. The summed E-state index contributed by atoms with van der Waals surface area (Å²) < 4.78 is 23.3. The summed E-state index contributed by atoms with van der Waals surface area (Å²) >= 11 is 1.48. The number of nitrogens with one attached hydrogen (secondary N) is 2. The summed E-state index contributed by atoms with van der Waals surface area (Å²) in [6.45, 7) is 4.00. The summed E-state index contributed by atoms with van der Waals surface area (Å²) in [5.74, 6) is -0.638. The lowest BCUT2D eigenvalue weighted by Crippen LogP contribution is -2.40. The van der Waals surface area contributed by atoms with Crippen LogP contribution < -0.4 is 10.6 Å². The maximum absolute atomic E-state index is 11.8. The molecule has 0 radical (unpaired) electrons. The van der Waals surface area contributed by atoms with Crippen LogP contribution in [-0.4, -0.2) is 43.8 Å². The van der Waals surface area contributed by atoms with Crippen molar-refractivity contribution in [3.63, 3.8) is 0 Å². The zero-order valence-electron chi connectivity index (χ0n) is 20.1. The van der Waals surface area contributed by atoms with Crippen molar-refractivity contribution >= 4 is 27.1 Å². The molecule has 0 amide bonds. The van der Waals surface area contributed by atoms with Gasteiger partial charge in [-0.2, -0.15) is 5.26 Å². The molecule has 0 aliphatic rings. The summed E-state index contributed by atoms with van der Waals surface area (Å²) in [6.07, 6.45) is 5.10. The van der Waals surface area contributed by atoms with Gasteiger partial charge < -0.3 is 10.4 Å². The molecule has 2 aromatic carbocycles. The molecule has 3 aromatic rings. The number of rotatable bonds is 9. The van der Waals surface area contributed by atoms with E-state index in [4.69, 9.17) is 5.26 Å². The lowest BCUT2D eigenvalue weighted by atomic mass is 9.98. The molecule has 3 rings (SSSR count). The Bertz CT molecular complexity index is 1220. The second kappa shape index (κ2) is 13.0. The summed E-state index contributed by atoms with van der Waals surface area (Å²) in [6, 6.07) is 13.6. The van der Waals surface area contributed by atoms with E-state index in [1.165, 1.54) is 17.6 Å². The van der Waals surface area contributed by atoms with Crippen LogP contribution in [0.2, 0.25) is 0 Å². The molecule has 8 nitrogen and oxygen atoms in total. The number of hydrogen-bond acceptors (Lipinski definition) is 8. The third-order valence-corrected chi connectivity index (χ3v) is 7.01. The molecule has 0 fully saturated rings. The van der Waals surface area contributed by atoms with E-state index in [1.807, 2.05) is 43.5 Å². The van der Waals surface area contributed by atoms with Gasteiger partial charge in [0.15, 0.2) is 16.0 Å². The predicted octanol–water partition coefficient (Wildman–Crippen LogP) is 4.08. The number of thiazole rings is 1. The molecular formula is C25H30N4O4S2. The molecule has 10 heteroatoms. The summed E-state index contributed by atoms with van der Waals surface area (Å²) in [5.41, 5.74) is 2.76. The Kier molecular flexibility index (Phi) is 10.4. The highest BCUT2D eigenvalue weighted by Crippen LogP contribution is 2.28. The number of aromatic nitrogens is 1. The molecule has 3 N–H and O–H groups in total. The van der Waals surface area contributed by atoms with Crippen LogP contribution in [0.25, 0.3) is 11.1 Å². The smallest absolute Gasteiger partial charge is 0.320 e. The van der Waals surface area contributed by atoms with Crippen LogP contribution in [0.15, 0.2) is 65.0 Å². The topological polar surface area (TPSA) is 132 Å². The van der Waals surface area contributed by atoms with Crippen molar-refractivity contribution in [2.24, 2.45) is 5.92 Å². The zero-order valence-corrected chi connectivity index (χ0v) is 21.7. The second-order valence-electron chi connectivity index (χ2n) is 8.27. The Hall–Kier alpha value is -3.26. The van der Waals surface area contributed by atoms with Gasteiger partial charge in [0.2, 0.25) is 0 Å². The van der Waals surface area contributed by atoms with Crippen LogP contribution >= 0.6 is 11.3 Å².